The summed E-state index contributed by atoms with van der Waals surface area (Å²) in [6, 6.07) is 7.58. The molecule has 2 heterocycles. The van der Waals surface area contributed by atoms with E-state index in [1.807, 2.05) is 45.0 Å². The lowest BCUT2D eigenvalue weighted by Gasteiger charge is -2.31. The van der Waals surface area contributed by atoms with E-state index >= 15 is 0 Å². The molecule has 1 N–H and O–H groups in total. The number of tetrazole rings is 1. The molecule has 1 aromatic heterocycles. The van der Waals surface area contributed by atoms with E-state index in [0.717, 1.165) is 11.3 Å². The molecule has 128 valence electrons. The van der Waals surface area contributed by atoms with Gasteiger partial charge in [0, 0.05) is 19.0 Å². The number of carbonyl (C=O) groups is 1. The zero-order valence-corrected chi connectivity index (χ0v) is 14.3. The number of aromatic nitrogens is 4. The van der Waals surface area contributed by atoms with Gasteiger partial charge in [-0.3, -0.25) is 4.79 Å². The normalized spacial score (nSPS) is 23.9. The third-order valence-corrected chi connectivity index (χ3v) is 5.05. The van der Waals surface area contributed by atoms with Crippen molar-refractivity contribution in [3.63, 3.8) is 0 Å². The molecule has 1 amide bonds. The summed E-state index contributed by atoms with van der Waals surface area (Å²) in [4.78, 5) is 14.3. The zero-order chi connectivity index (χ0) is 17.3. The van der Waals surface area contributed by atoms with Crippen LogP contribution in [0.2, 0.25) is 0 Å². The molecule has 1 aliphatic rings. The summed E-state index contributed by atoms with van der Waals surface area (Å²) in [5.74, 6) is 0.262. The first-order valence-electron chi connectivity index (χ1n) is 8.22. The maximum atomic E-state index is 12.6. The number of carbonyl (C=O) groups excluding carboxylic acids is 1. The molecule has 1 aromatic carbocycles. The van der Waals surface area contributed by atoms with Gasteiger partial charge in [-0.1, -0.05) is 32.9 Å². The molecule has 24 heavy (non-hydrogen) atoms. The third kappa shape index (κ3) is 3.03. The highest BCUT2D eigenvalue weighted by molar-refractivity contribution is 5.79. The van der Waals surface area contributed by atoms with Gasteiger partial charge in [-0.2, -0.15) is 0 Å². The van der Waals surface area contributed by atoms with Gasteiger partial charge < -0.3 is 10.0 Å². The Balaban J connectivity index is 1.65. The molecular formula is C17H23N5O2. The molecule has 0 bridgehead atoms. The number of hydrogen-bond acceptors (Lipinski definition) is 5. The highest BCUT2D eigenvalue weighted by atomic mass is 16.3. The van der Waals surface area contributed by atoms with Crippen LogP contribution in [0.25, 0.3) is 5.69 Å². The van der Waals surface area contributed by atoms with Crippen molar-refractivity contribution < 1.29 is 9.90 Å². The van der Waals surface area contributed by atoms with Crippen LogP contribution in [0.3, 0.4) is 0 Å². The number of β-amino-alcohol motifs (C(OH)–C–C–N with tert-alkyl or cyclic N) is 1. The SMILES string of the molecule is CC(C)C1(O)CN(C(=O)Cc2ccc(-n3cnnn3)cc2)CC1C. The van der Waals surface area contributed by atoms with E-state index in [9.17, 15) is 9.90 Å². The minimum absolute atomic E-state index is 0.0496. The molecule has 7 heteroatoms. The van der Waals surface area contributed by atoms with Crippen LogP contribution < -0.4 is 0 Å². The van der Waals surface area contributed by atoms with E-state index in [0.29, 0.717) is 19.5 Å². The Kier molecular flexibility index (Phi) is 4.36. The van der Waals surface area contributed by atoms with Crippen LogP contribution in [-0.4, -0.2) is 54.8 Å². The summed E-state index contributed by atoms with van der Waals surface area (Å²) < 4.78 is 1.57. The average molecular weight is 329 g/mol. The molecule has 7 nitrogen and oxygen atoms in total. The molecule has 0 saturated carbocycles. The zero-order valence-electron chi connectivity index (χ0n) is 14.3. The van der Waals surface area contributed by atoms with Gasteiger partial charge in [0.15, 0.2) is 0 Å². The summed E-state index contributed by atoms with van der Waals surface area (Å²) in [5.41, 5.74) is 0.990. The van der Waals surface area contributed by atoms with Gasteiger partial charge in [-0.15, -0.1) is 5.10 Å². The topological polar surface area (TPSA) is 84.1 Å². The second kappa shape index (κ2) is 6.32. The Hall–Kier alpha value is -2.28. The summed E-state index contributed by atoms with van der Waals surface area (Å²) in [6.07, 6.45) is 1.86. The molecule has 0 aliphatic carbocycles. The maximum absolute atomic E-state index is 12.6. The summed E-state index contributed by atoms with van der Waals surface area (Å²) >= 11 is 0. The molecule has 0 radical (unpaired) electrons. The minimum atomic E-state index is -0.792. The Morgan fingerprint density at radius 2 is 2.08 bits per heavy atom. The van der Waals surface area contributed by atoms with Crippen molar-refractivity contribution in [3.05, 3.63) is 36.2 Å². The van der Waals surface area contributed by atoms with Crippen LogP contribution in [0.5, 0.6) is 0 Å². The van der Waals surface area contributed by atoms with Crippen LogP contribution in [0.15, 0.2) is 30.6 Å². The summed E-state index contributed by atoms with van der Waals surface area (Å²) in [6.45, 7) is 7.03. The van der Waals surface area contributed by atoms with E-state index < -0.39 is 5.60 Å². The van der Waals surface area contributed by atoms with E-state index in [2.05, 4.69) is 15.5 Å². The van der Waals surface area contributed by atoms with E-state index in [1.165, 1.54) is 6.33 Å². The molecule has 1 saturated heterocycles. The van der Waals surface area contributed by atoms with E-state index in [4.69, 9.17) is 0 Å². The predicted molar refractivity (Wildman–Crippen MR) is 88.4 cm³/mol. The largest absolute Gasteiger partial charge is 0.387 e. The Bertz CT molecular complexity index is 698. The lowest BCUT2D eigenvalue weighted by Crippen LogP contribution is -2.43. The number of likely N-dealkylation sites (tertiary alicyclic amines) is 1. The van der Waals surface area contributed by atoms with Gasteiger partial charge in [-0.05, 0) is 34.0 Å². The number of nitrogens with zero attached hydrogens (tertiary/aromatic N) is 5. The summed E-state index contributed by atoms with van der Waals surface area (Å²) in [7, 11) is 0. The van der Waals surface area contributed by atoms with Gasteiger partial charge in [0.05, 0.1) is 17.7 Å². The first kappa shape index (κ1) is 16.6. The van der Waals surface area contributed by atoms with Gasteiger partial charge in [-0.25, -0.2) is 4.68 Å². The molecule has 2 atom stereocenters. The second-order valence-electron chi connectivity index (χ2n) is 6.92. The fourth-order valence-electron chi connectivity index (χ4n) is 3.29. The highest BCUT2D eigenvalue weighted by Gasteiger charge is 2.46. The molecule has 1 aliphatic heterocycles. The van der Waals surface area contributed by atoms with Crippen molar-refractivity contribution in [3.8, 4) is 5.69 Å². The first-order chi connectivity index (χ1) is 11.4. The molecule has 2 unspecified atom stereocenters. The number of rotatable bonds is 4. The standard InChI is InChI=1S/C17H23N5O2/c1-12(2)17(24)10-21(9-13(17)3)16(23)8-14-4-6-15(7-5-14)22-11-18-19-20-22/h4-7,11-13,24H,8-10H2,1-3H3. The Labute approximate surface area is 141 Å². The van der Waals surface area contributed by atoms with Crippen molar-refractivity contribution in [2.45, 2.75) is 32.8 Å². The van der Waals surface area contributed by atoms with Crippen LogP contribution in [0.1, 0.15) is 26.3 Å². The molecule has 1 fully saturated rings. The molecule has 2 aromatic rings. The van der Waals surface area contributed by atoms with Gasteiger partial charge in [0.2, 0.25) is 5.91 Å². The van der Waals surface area contributed by atoms with Crippen LogP contribution in [0.4, 0.5) is 0 Å². The van der Waals surface area contributed by atoms with Crippen molar-refractivity contribution in [1.82, 2.24) is 25.1 Å². The fraction of sp³-hybridized carbons (Fsp3) is 0.529. The van der Waals surface area contributed by atoms with Crippen molar-refractivity contribution in [2.24, 2.45) is 11.8 Å². The van der Waals surface area contributed by atoms with Gasteiger partial charge in [0.25, 0.3) is 0 Å². The maximum Gasteiger partial charge on any atom is 0.227 e. The van der Waals surface area contributed by atoms with Crippen molar-refractivity contribution >= 4 is 5.91 Å². The molecule has 0 spiro atoms. The number of aliphatic hydroxyl groups is 1. The quantitative estimate of drug-likeness (QED) is 0.907. The highest BCUT2D eigenvalue weighted by Crippen LogP contribution is 2.34. The van der Waals surface area contributed by atoms with Gasteiger partial charge in [0.1, 0.15) is 6.33 Å². The average Bonchev–Trinajstić information content (AvgIpc) is 3.18. The van der Waals surface area contributed by atoms with Crippen molar-refractivity contribution in [2.75, 3.05) is 13.1 Å². The smallest absolute Gasteiger partial charge is 0.227 e. The lowest BCUT2D eigenvalue weighted by atomic mass is 9.82. The van der Waals surface area contributed by atoms with Gasteiger partial charge >= 0.3 is 0 Å². The van der Waals surface area contributed by atoms with E-state index in [1.54, 1.807) is 9.58 Å². The minimum Gasteiger partial charge on any atom is -0.387 e. The number of hydrogen-bond donors (Lipinski definition) is 1. The van der Waals surface area contributed by atoms with Crippen molar-refractivity contribution in [1.29, 1.82) is 0 Å². The summed E-state index contributed by atoms with van der Waals surface area (Å²) in [5, 5.41) is 21.8. The Morgan fingerprint density at radius 1 is 1.38 bits per heavy atom. The Morgan fingerprint density at radius 3 is 2.62 bits per heavy atom. The first-order valence-corrected chi connectivity index (χ1v) is 8.22. The number of amides is 1. The monoisotopic (exact) mass is 329 g/mol. The van der Waals surface area contributed by atoms with Crippen LogP contribution >= 0.6 is 0 Å². The van der Waals surface area contributed by atoms with Crippen LogP contribution in [-0.2, 0) is 11.2 Å². The number of benzene rings is 1. The fourth-order valence-corrected chi connectivity index (χ4v) is 3.29. The molecular weight excluding hydrogens is 306 g/mol. The predicted octanol–water partition coefficient (Wildman–Crippen LogP) is 1.07. The molecule has 3 rings (SSSR count). The third-order valence-electron chi connectivity index (χ3n) is 5.05. The van der Waals surface area contributed by atoms with Crippen LogP contribution in [0, 0.1) is 11.8 Å². The van der Waals surface area contributed by atoms with E-state index in [-0.39, 0.29) is 17.7 Å². The second-order valence-corrected chi connectivity index (χ2v) is 6.92. The lowest BCUT2D eigenvalue weighted by molar-refractivity contribution is -0.130.